The fourth-order valence-corrected chi connectivity index (χ4v) is 1.96. The van der Waals surface area contributed by atoms with Crippen LogP contribution in [-0.2, 0) is 11.8 Å². The number of ether oxygens (including phenoxy) is 1. The van der Waals surface area contributed by atoms with Gasteiger partial charge in [-0.1, -0.05) is 11.6 Å². The maximum Gasteiger partial charge on any atom is 0.421 e. The van der Waals surface area contributed by atoms with E-state index in [9.17, 15) is 4.79 Å². The van der Waals surface area contributed by atoms with Crippen LogP contribution < -0.4 is 4.90 Å². The fourth-order valence-electron chi connectivity index (χ4n) is 1.81. The molecule has 0 saturated heterocycles. The van der Waals surface area contributed by atoms with E-state index in [1.165, 1.54) is 4.90 Å². The predicted octanol–water partition coefficient (Wildman–Crippen LogP) is 3.85. The minimum atomic E-state index is -0.623. The van der Waals surface area contributed by atoms with Crippen molar-refractivity contribution in [1.82, 2.24) is 14.8 Å². The van der Waals surface area contributed by atoms with Gasteiger partial charge in [-0.25, -0.2) is 14.7 Å². The molecule has 0 N–H and O–H groups in total. The first-order valence-corrected chi connectivity index (χ1v) is 7.20. The summed E-state index contributed by atoms with van der Waals surface area (Å²) in [7, 11) is 1.74. The molecular formula is C15H19ClN4O2. The molecule has 0 aliphatic rings. The third kappa shape index (κ3) is 3.57. The second-order valence-corrected chi connectivity index (χ2v) is 6.33. The zero-order valence-electron chi connectivity index (χ0n) is 13.3. The number of hydrogen-bond acceptors (Lipinski definition) is 4. The molecule has 2 heterocycles. The van der Waals surface area contributed by atoms with Crippen LogP contribution in [0.2, 0.25) is 5.02 Å². The predicted molar refractivity (Wildman–Crippen MR) is 85.6 cm³/mol. The lowest BCUT2D eigenvalue weighted by atomic mass is 10.2. The SMILES string of the molecule is Cc1cnc(N(C(=O)OC(C)(C)C)c2ccnn2C)cc1Cl. The van der Waals surface area contributed by atoms with Gasteiger partial charge in [-0.05, 0) is 33.3 Å². The van der Waals surface area contributed by atoms with Gasteiger partial charge in [0.1, 0.15) is 17.2 Å². The van der Waals surface area contributed by atoms with Gasteiger partial charge in [-0.3, -0.25) is 4.68 Å². The van der Waals surface area contributed by atoms with Crippen LogP contribution in [0.25, 0.3) is 0 Å². The Morgan fingerprint density at radius 3 is 2.59 bits per heavy atom. The van der Waals surface area contributed by atoms with Crippen molar-refractivity contribution in [3.63, 3.8) is 0 Å². The van der Waals surface area contributed by atoms with Crippen molar-refractivity contribution >= 4 is 29.3 Å². The molecule has 0 atom stereocenters. The van der Waals surface area contributed by atoms with Crippen molar-refractivity contribution in [3.05, 3.63) is 35.1 Å². The number of carbonyl (C=O) groups excluding carboxylic acids is 1. The minimum absolute atomic E-state index is 0.383. The van der Waals surface area contributed by atoms with E-state index in [1.807, 2.05) is 27.7 Å². The van der Waals surface area contributed by atoms with Crippen molar-refractivity contribution in [2.24, 2.45) is 7.05 Å². The van der Waals surface area contributed by atoms with Crippen LogP contribution in [0.15, 0.2) is 24.5 Å². The summed E-state index contributed by atoms with van der Waals surface area (Å²) >= 11 is 6.16. The number of aromatic nitrogens is 3. The quantitative estimate of drug-likeness (QED) is 0.842. The smallest absolute Gasteiger partial charge is 0.421 e. The molecule has 0 aromatic carbocycles. The molecule has 2 aromatic heterocycles. The van der Waals surface area contributed by atoms with Gasteiger partial charge < -0.3 is 4.74 Å². The van der Waals surface area contributed by atoms with Gasteiger partial charge in [0, 0.05) is 30.4 Å². The van der Waals surface area contributed by atoms with Crippen molar-refractivity contribution in [2.75, 3.05) is 4.90 Å². The Kier molecular flexibility index (Phi) is 4.42. The monoisotopic (exact) mass is 322 g/mol. The Labute approximate surface area is 134 Å². The van der Waals surface area contributed by atoms with Gasteiger partial charge in [-0.2, -0.15) is 5.10 Å². The molecule has 22 heavy (non-hydrogen) atoms. The number of halogens is 1. The van der Waals surface area contributed by atoms with E-state index in [0.717, 1.165) is 5.56 Å². The first-order chi connectivity index (χ1) is 10.2. The Balaban J connectivity index is 2.48. The number of amides is 1. The molecule has 0 radical (unpaired) electrons. The van der Waals surface area contributed by atoms with E-state index in [1.54, 1.807) is 36.3 Å². The number of hydrogen-bond donors (Lipinski definition) is 0. The number of pyridine rings is 1. The number of nitrogens with zero attached hydrogens (tertiary/aromatic N) is 4. The zero-order valence-corrected chi connectivity index (χ0v) is 14.0. The first-order valence-electron chi connectivity index (χ1n) is 6.82. The lowest BCUT2D eigenvalue weighted by Gasteiger charge is -2.26. The van der Waals surface area contributed by atoms with E-state index in [-0.39, 0.29) is 0 Å². The van der Waals surface area contributed by atoms with Gasteiger partial charge >= 0.3 is 6.09 Å². The molecular weight excluding hydrogens is 304 g/mol. The molecule has 0 aliphatic carbocycles. The molecule has 0 aliphatic heterocycles. The molecule has 0 fully saturated rings. The van der Waals surface area contributed by atoms with Gasteiger partial charge in [0.15, 0.2) is 0 Å². The van der Waals surface area contributed by atoms with Crippen molar-refractivity contribution < 1.29 is 9.53 Å². The topological polar surface area (TPSA) is 60.3 Å². The third-order valence-electron chi connectivity index (χ3n) is 2.85. The number of aryl methyl sites for hydroxylation is 2. The summed E-state index contributed by atoms with van der Waals surface area (Å²) in [5, 5.41) is 4.62. The summed E-state index contributed by atoms with van der Waals surface area (Å²) in [6.45, 7) is 7.27. The first kappa shape index (κ1) is 16.3. The summed E-state index contributed by atoms with van der Waals surface area (Å²) in [5.74, 6) is 0.926. The molecule has 0 saturated carbocycles. The molecule has 0 spiro atoms. The highest BCUT2D eigenvalue weighted by atomic mass is 35.5. The molecule has 0 bridgehead atoms. The van der Waals surface area contributed by atoms with Gasteiger partial charge in [-0.15, -0.1) is 0 Å². The van der Waals surface area contributed by atoms with Crippen LogP contribution >= 0.6 is 11.6 Å². The van der Waals surface area contributed by atoms with Crippen LogP contribution in [0.4, 0.5) is 16.4 Å². The zero-order chi connectivity index (χ0) is 16.5. The third-order valence-corrected chi connectivity index (χ3v) is 3.26. The molecule has 1 amide bonds. The Morgan fingerprint density at radius 1 is 1.41 bits per heavy atom. The summed E-state index contributed by atoms with van der Waals surface area (Å²) in [6, 6.07) is 3.34. The summed E-state index contributed by atoms with van der Waals surface area (Å²) in [5.41, 5.74) is 0.210. The lowest BCUT2D eigenvalue weighted by molar-refractivity contribution is 0.0596. The van der Waals surface area contributed by atoms with E-state index < -0.39 is 11.7 Å². The van der Waals surface area contributed by atoms with E-state index in [2.05, 4.69) is 10.1 Å². The molecule has 0 unspecified atom stereocenters. The van der Waals surface area contributed by atoms with Gasteiger partial charge in [0.25, 0.3) is 0 Å². The van der Waals surface area contributed by atoms with E-state index in [0.29, 0.717) is 16.7 Å². The molecule has 6 nitrogen and oxygen atoms in total. The minimum Gasteiger partial charge on any atom is -0.443 e. The average molecular weight is 323 g/mol. The average Bonchev–Trinajstić information content (AvgIpc) is 2.78. The molecule has 118 valence electrons. The van der Waals surface area contributed by atoms with Crippen LogP contribution in [0.1, 0.15) is 26.3 Å². The van der Waals surface area contributed by atoms with Crippen molar-refractivity contribution in [3.8, 4) is 0 Å². The van der Waals surface area contributed by atoms with E-state index >= 15 is 0 Å². The van der Waals surface area contributed by atoms with E-state index in [4.69, 9.17) is 16.3 Å². The molecule has 2 aromatic rings. The second kappa shape index (κ2) is 5.96. The fraction of sp³-hybridized carbons (Fsp3) is 0.400. The van der Waals surface area contributed by atoms with Crippen LogP contribution in [0.5, 0.6) is 0 Å². The normalized spacial score (nSPS) is 11.4. The maximum absolute atomic E-state index is 12.6. The standard InChI is InChI=1S/C15H19ClN4O2/c1-10-9-17-12(8-11(10)16)20(13-6-7-18-19(13)5)14(21)22-15(2,3)4/h6-9H,1-5H3. The van der Waals surface area contributed by atoms with Crippen LogP contribution in [-0.4, -0.2) is 26.5 Å². The Bertz CT molecular complexity index is 691. The van der Waals surface area contributed by atoms with Crippen LogP contribution in [0, 0.1) is 6.92 Å². The second-order valence-electron chi connectivity index (χ2n) is 5.92. The summed E-state index contributed by atoms with van der Waals surface area (Å²) < 4.78 is 7.03. The number of rotatable bonds is 2. The number of carbonyl (C=O) groups is 1. The largest absolute Gasteiger partial charge is 0.443 e. The maximum atomic E-state index is 12.6. The Hall–Kier alpha value is -2.08. The highest BCUT2D eigenvalue weighted by Gasteiger charge is 2.28. The van der Waals surface area contributed by atoms with Gasteiger partial charge in [0.2, 0.25) is 0 Å². The highest BCUT2D eigenvalue weighted by Crippen LogP contribution is 2.28. The Morgan fingerprint density at radius 2 is 2.09 bits per heavy atom. The summed E-state index contributed by atoms with van der Waals surface area (Å²) in [4.78, 5) is 18.2. The number of anilines is 2. The lowest BCUT2D eigenvalue weighted by Crippen LogP contribution is -2.35. The highest BCUT2D eigenvalue weighted by molar-refractivity contribution is 6.31. The van der Waals surface area contributed by atoms with Crippen molar-refractivity contribution in [1.29, 1.82) is 0 Å². The summed E-state index contributed by atoms with van der Waals surface area (Å²) in [6.07, 6.45) is 2.68. The molecule has 2 rings (SSSR count). The molecule has 7 heteroatoms. The van der Waals surface area contributed by atoms with Crippen molar-refractivity contribution in [2.45, 2.75) is 33.3 Å². The van der Waals surface area contributed by atoms with Crippen LogP contribution in [0.3, 0.4) is 0 Å². The van der Waals surface area contributed by atoms with Gasteiger partial charge in [0.05, 0.1) is 6.20 Å².